The van der Waals surface area contributed by atoms with Crippen LogP contribution < -0.4 is 10.2 Å². The summed E-state index contributed by atoms with van der Waals surface area (Å²) in [5.74, 6) is -1.50. The standard InChI is InChI=1S/C23H22ClN3O5/c1-3-12-26-19(21(29)27(23(26)31)18-10-8-16(24)9-11-18)14-20(28)25-17-7-5-6-15(13-17)22(30)32-4-2/h3,5-11,13,19H,1,4,12,14H2,2H3,(H,25,28)/t19-/m1/s1. The number of imide groups is 1. The van der Waals surface area contributed by atoms with Crippen LogP contribution >= 0.6 is 11.6 Å². The number of nitrogens with one attached hydrogen (secondary N) is 1. The van der Waals surface area contributed by atoms with E-state index < -0.39 is 29.9 Å². The van der Waals surface area contributed by atoms with E-state index in [9.17, 15) is 19.2 Å². The van der Waals surface area contributed by atoms with E-state index in [0.29, 0.717) is 22.0 Å². The molecule has 1 N–H and O–H groups in total. The van der Waals surface area contributed by atoms with Crippen LogP contribution in [-0.2, 0) is 14.3 Å². The average Bonchev–Trinajstić information content (AvgIpc) is 2.99. The molecule has 1 aliphatic heterocycles. The largest absolute Gasteiger partial charge is 0.462 e. The number of urea groups is 1. The van der Waals surface area contributed by atoms with E-state index >= 15 is 0 Å². The summed E-state index contributed by atoms with van der Waals surface area (Å²) in [6.07, 6.45) is 1.23. The lowest BCUT2D eigenvalue weighted by Crippen LogP contribution is -2.38. The van der Waals surface area contributed by atoms with Gasteiger partial charge in [-0.15, -0.1) is 6.58 Å². The first-order valence-electron chi connectivity index (χ1n) is 9.93. The molecule has 2 aromatic rings. The van der Waals surface area contributed by atoms with Crippen LogP contribution in [-0.4, -0.2) is 47.9 Å². The molecule has 1 aliphatic rings. The van der Waals surface area contributed by atoms with Crippen molar-refractivity contribution in [2.24, 2.45) is 0 Å². The Morgan fingerprint density at radius 1 is 1.19 bits per heavy atom. The Morgan fingerprint density at radius 2 is 1.91 bits per heavy atom. The normalized spacial score (nSPS) is 15.6. The van der Waals surface area contributed by atoms with Gasteiger partial charge >= 0.3 is 12.0 Å². The molecule has 0 saturated carbocycles. The van der Waals surface area contributed by atoms with Crippen molar-refractivity contribution in [1.29, 1.82) is 0 Å². The summed E-state index contributed by atoms with van der Waals surface area (Å²) in [6, 6.07) is 11.0. The maximum Gasteiger partial charge on any atom is 0.338 e. The van der Waals surface area contributed by atoms with Crippen LogP contribution in [0, 0.1) is 0 Å². The van der Waals surface area contributed by atoms with Gasteiger partial charge in [-0.05, 0) is 49.4 Å². The van der Waals surface area contributed by atoms with E-state index in [1.54, 1.807) is 49.4 Å². The van der Waals surface area contributed by atoms with Gasteiger partial charge in [-0.2, -0.15) is 0 Å². The van der Waals surface area contributed by atoms with Gasteiger partial charge < -0.3 is 15.0 Å². The van der Waals surface area contributed by atoms with Crippen molar-refractivity contribution in [3.05, 3.63) is 71.8 Å². The van der Waals surface area contributed by atoms with Crippen molar-refractivity contribution in [2.75, 3.05) is 23.4 Å². The third-order valence-corrected chi connectivity index (χ3v) is 5.02. The number of amides is 4. The number of rotatable bonds is 8. The molecule has 0 aliphatic carbocycles. The van der Waals surface area contributed by atoms with E-state index in [1.807, 2.05) is 0 Å². The fourth-order valence-electron chi connectivity index (χ4n) is 3.33. The Balaban J connectivity index is 1.76. The van der Waals surface area contributed by atoms with E-state index in [4.69, 9.17) is 16.3 Å². The van der Waals surface area contributed by atoms with E-state index in [1.165, 1.54) is 17.0 Å². The minimum Gasteiger partial charge on any atom is -0.462 e. The summed E-state index contributed by atoms with van der Waals surface area (Å²) in [7, 11) is 0. The summed E-state index contributed by atoms with van der Waals surface area (Å²) in [4.78, 5) is 52.8. The molecule has 1 atom stereocenters. The number of esters is 1. The van der Waals surface area contributed by atoms with Gasteiger partial charge in [0, 0.05) is 17.3 Å². The number of anilines is 2. The number of ether oxygens (including phenoxy) is 1. The Morgan fingerprint density at radius 3 is 2.56 bits per heavy atom. The van der Waals surface area contributed by atoms with Gasteiger partial charge in [0.1, 0.15) is 6.04 Å². The van der Waals surface area contributed by atoms with Gasteiger partial charge in [0.15, 0.2) is 0 Å². The lowest BCUT2D eigenvalue weighted by atomic mass is 10.1. The number of carbonyl (C=O) groups excluding carboxylic acids is 4. The predicted molar refractivity (Wildman–Crippen MR) is 121 cm³/mol. The number of halogens is 1. The van der Waals surface area contributed by atoms with Gasteiger partial charge in [-0.25, -0.2) is 14.5 Å². The summed E-state index contributed by atoms with van der Waals surface area (Å²) >= 11 is 5.90. The molecule has 1 saturated heterocycles. The van der Waals surface area contributed by atoms with Crippen LogP contribution in [0.15, 0.2) is 61.2 Å². The highest BCUT2D eigenvalue weighted by Crippen LogP contribution is 2.28. The van der Waals surface area contributed by atoms with E-state index in [-0.39, 0.29) is 19.6 Å². The molecule has 8 nitrogen and oxygen atoms in total. The first-order valence-corrected chi connectivity index (χ1v) is 10.3. The molecule has 2 aromatic carbocycles. The third kappa shape index (κ3) is 4.97. The van der Waals surface area contributed by atoms with Crippen molar-refractivity contribution < 1.29 is 23.9 Å². The van der Waals surface area contributed by atoms with Gasteiger partial charge in [0.05, 0.1) is 24.3 Å². The van der Waals surface area contributed by atoms with Crippen molar-refractivity contribution in [2.45, 2.75) is 19.4 Å². The smallest absolute Gasteiger partial charge is 0.338 e. The van der Waals surface area contributed by atoms with Crippen molar-refractivity contribution in [3.63, 3.8) is 0 Å². The second kappa shape index (κ2) is 10.1. The fourth-order valence-corrected chi connectivity index (χ4v) is 3.46. The van der Waals surface area contributed by atoms with Crippen LogP contribution in [0.2, 0.25) is 5.02 Å². The number of benzene rings is 2. The third-order valence-electron chi connectivity index (χ3n) is 4.77. The Labute approximate surface area is 190 Å². The SMILES string of the molecule is C=CCN1C(=O)N(c2ccc(Cl)cc2)C(=O)[C@H]1CC(=O)Nc1cccc(C(=O)OCC)c1. The van der Waals surface area contributed by atoms with Crippen LogP contribution in [0.3, 0.4) is 0 Å². The van der Waals surface area contributed by atoms with E-state index in [2.05, 4.69) is 11.9 Å². The van der Waals surface area contributed by atoms with Crippen LogP contribution in [0.5, 0.6) is 0 Å². The molecule has 0 bridgehead atoms. The molecule has 9 heteroatoms. The Bertz CT molecular complexity index is 1050. The van der Waals surface area contributed by atoms with Gasteiger partial charge in [-0.3, -0.25) is 9.59 Å². The molecule has 1 fully saturated rings. The molecule has 166 valence electrons. The van der Waals surface area contributed by atoms with Crippen LogP contribution in [0.1, 0.15) is 23.7 Å². The average molecular weight is 456 g/mol. The highest BCUT2D eigenvalue weighted by atomic mass is 35.5. The lowest BCUT2D eigenvalue weighted by molar-refractivity contribution is -0.124. The first kappa shape index (κ1) is 23.0. The molecular weight excluding hydrogens is 434 g/mol. The summed E-state index contributed by atoms with van der Waals surface area (Å²) in [6.45, 7) is 5.67. The van der Waals surface area contributed by atoms with Crippen molar-refractivity contribution in [1.82, 2.24) is 4.90 Å². The van der Waals surface area contributed by atoms with Gasteiger partial charge in [-0.1, -0.05) is 23.7 Å². The van der Waals surface area contributed by atoms with Crippen molar-refractivity contribution >= 4 is 46.8 Å². The minimum absolute atomic E-state index is 0.102. The van der Waals surface area contributed by atoms with Gasteiger partial charge in [0.2, 0.25) is 5.91 Å². The molecule has 0 spiro atoms. The molecule has 1 heterocycles. The fraction of sp³-hybridized carbons (Fsp3) is 0.217. The summed E-state index contributed by atoms with van der Waals surface area (Å²) in [5.41, 5.74) is 1.03. The lowest BCUT2D eigenvalue weighted by Gasteiger charge is -2.19. The van der Waals surface area contributed by atoms with Gasteiger partial charge in [0.25, 0.3) is 5.91 Å². The molecule has 0 aromatic heterocycles. The molecule has 0 radical (unpaired) electrons. The molecule has 3 rings (SSSR count). The molecule has 0 unspecified atom stereocenters. The summed E-state index contributed by atoms with van der Waals surface area (Å²) < 4.78 is 4.96. The zero-order valence-corrected chi connectivity index (χ0v) is 18.2. The monoisotopic (exact) mass is 455 g/mol. The predicted octanol–water partition coefficient (Wildman–Crippen LogP) is 3.87. The van der Waals surface area contributed by atoms with Crippen LogP contribution in [0.4, 0.5) is 16.2 Å². The van der Waals surface area contributed by atoms with Crippen molar-refractivity contribution in [3.8, 4) is 0 Å². The number of hydrogen-bond donors (Lipinski definition) is 1. The number of nitrogens with zero attached hydrogens (tertiary/aromatic N) is 2. The second-order valence-corrected chi connectivity index (χ2v) is 7.38. The quantitative estimate of drug-likeness (QED) is 0.370. The van der Waals surface area contributed by atoms with E-state index in [0.717, 1.165) is 4.90 Å². The van der Waals surface area contributed by atoms with Crippen LogP contribution in [0.25, 0.3) is 0 Å². The second-order valence-electron chi connectivity index (χ2n) is 6.94. The first-order chi connectivity index (χ1) is 15.3. The zero-order valence-electron chi connectivity index (χ0n) is 17.4. The number of hydrogen-bond acceptors (Lipinski definition) is 5. The maximum atomic E-state index is 13.0. The summed E-state index contributed by atoms with van der Waals surface area (Å²) in [5, 5.41) is 3.14. The Kier molecular flexibility index (Phi) is 7.27. The molecule has 4 amide bonds. The topological polar surface area (TPSA) is 96.0 Å². The molecular formula is C23H22ClN3O5. The highest BCUT2D eigenvalue weighted by Gasteiger charge is 2.46. The zero-order chi connectivity index (χ0) is 23.3. The molecule has 32 heavy (non-hydrogen) atoms. The Hall–Kier alpha value is -3.65. The number of carbonyl (C=O) groups is 4. The maximum absolute atomic E-state index is 13.0. The highest BCUT2D eigenvalue weighted by molar-refractivity contribution is 6.30. The minimum atomic E-state index is -0.996.